The Kier molecular flexibility index (Phi) is 9.55. The summed E-state index contributed by atoms with van der Waals surface area (Å²) in [6.45, 7) is 3.75. The minimum absolute atomic E-state index is 0.00491. The zero-order valence-electron chi connectivity index (χ0n) is 18.1. The van der Waals surface area contributed by atoms with Crippen LogP contribution < -0.4 is 15.6 Å². The summed E-state index contributed by atoms with van der Waals surface area (Å²) in [6.07, 6.45) is 1.24. The van der Waals surface area contributed by atoms with Crippen molar-refractivity contribution in [1.29, 1.82) is 0 Å². The van der Waals surface area contributed by atoms with E-state index < -0.39 is 0 Å². The van der Waals surface area contributed by atoms with Gasteiger partial charge in [0.05, 0.1) is 41.5 Å². The number of carbonyl (C=O) groups excluding carboxylic acids is 2. The Balaban J connectivity index is 1.39. The van der Waals surface area contributed by atoms with Crippen molar-refractivity contribution in [2.75, 3.05) is 64.7 Å². The van der Waals surface area contributed by atoms with Crippen molar-refractivity contribution in [3.8, 4) is 0 Å². The van der Waals surface area contributed by atoms with Crippen molar-refractivity contribution in [1.82, 2.24) is 15.5 Å². The molecule has 0 spiro atoms. The van der Waals surface area contributed by atoms with Gasteiger partial charge in [0.15, 0.2) is 0 Å². The fraction of sp³-hybridized carbons (Fsp3) is 0.571. The Morgan fingerprint density at radius 1 is 1.16 bits per heavy atom. The molecule has 0 aliphatic carbocycles. The van der Waals surface area contributed by atoms with E-state index in [4.69, 9.17) is 32.7 Å². The molecule has 2 amide bonds. The summed E-state index contributed by atoms with van der Waals surface area (Å²) in [7, 11) is 1.86. The minimum Gasteiger partial charge on any atom is -0.378 e. The van der Waals surface area contributed by atoms with Crippen molar-refractivity contribution in [2.45, 2.75) is 12.8 Å². The molecule has 32 heavy (non-hydrogen) atoms. The monoisotopic (exact) mass is 485 g/mol. The van der Waals surface area contributed by atoms with E-state index in [0.717, 1.165) is 12.2 Å². The average Bonchev–Trinajstić information content (AvgIpc) is 3.45. The molecule has 0 saturated carbocycles. The van der Waals surface area contributed by atoms with Crippen LogP contribution in [-0.2, 0) is 19.1 Å². The first-order valence-electron chi connectivity index (χ1n) is 10.7. The molecule has 1 fully saturated rings. The van der Waals surface area contributed by atoms with Crippen LogP contribution in [-0.4, -0.2) is 82.2 Å². The zero-order chi connectivity index (χ0) is 22.9. The number of hydrazone groups is 1. The third-order valence-corrected chi connectivity index (χ3v) is 6.02. The van der Waals surface area contributed by atoms with Gasteiger partial charge in [-0.2, -0.15) is 5.10 Å². The molecular formula is C21H29Cl2N5O4. The van der Waals surface area contributed by atoms with Crippen molar-refractivity contribution in [3.63, 3.8) is 0 Å². The van der Waals surface area contributed by atoms with E-state index in [-0.39, 0.29) is 24.3 Å². The number of rotatable bonds is 10. The lowest BCUT2D eigenvalue weighted by atomic mass is 10.1. The van der Waals surface area contributed by atoms with Crippen molar-refractivity contribution in [2.24, 2.45) is 11.0 Å². The summed E-state index contributed by atoms with van der Waals surface area (Å²) < 4.78 is 10.7. The predicted molar refractivity (Wildman–Crippen MR) is 124 cm³/mol. The van der Waals surface area contributed by atoms with Gasteiger partial charge >= 0.3 is 0 Å². The molecule has 1 aromatic carbocycles. The molecule has 2 aliphatic rings. The van der Waals surface area contributed by atoms with Crippen molar-refractivity contribution in [3.05, 3.63) is 28.2 Å². The molecule has 1 unspecified atom stereocenters. The van der Waals surface area contributed by atoms with Gasteiger partial charge in [0.1, 0.15) is 12.4 Å². The van der Waals surface area contributed by atoms with Crippen LogP contribution in [0.3, 0.4) is 0 Å². The van der Waals surface area contributed by atoms with E-state index in [9.17, 15) is 9.59 Å². The van der Waals surface area contributed by atoms with Gasteiger partial charge in [-0.15, -0.1) is 0 Å². The van der Waals surface area contributed by atoms with Crippen LogP contribution in [0.5, 0.6) is 0 Å². The number of amidine groups is 1. The fourth-order valence-corrected chi connectivity index (χ4v) is 3.76. The molecule has 1 atom stereocenters. The van der Waals surface area contributed by atoms with Crippen LogP contribution in [0.15, 0.2) is 23.3 Å². The highest BCUT2D eigenvalue weighted by Crippen LogP contribution is 2.28. The van der Waals surface area contributed by atoms with Gasteiger partial charge in [0.25, 0.3) is 0 Å². The molecule has 2 heterocycles. The van der Waals surface area contributed by atoms with Gasteiger partial charge < -0.3 is 25.0 Å². The van der Waals surface area contributed by atoms with E-state index in [2.05, 4.69) is 15.7 Å². The summed E-state index contributed by atoms with van der Waals surface area (Å²) in [4.78, 5) is 26.6. The standard InChI is InChI=1S/C21H29Cl2N5O4/c1-24-6-9-31-10-11-32-14-20(29)27-7-4-15(13-27)21(30)25-19-5-8-28(26-19)16-2-3-17(22)18(23)12-16/h2-3,12,15,24H,4-11,13-14H2,1H3,(H,25,26,30). The van der Waals surface area contributed by atoms with Crippen LogP contribution in [0.25, 0.3) is 0 Å². The molecule has 1 saturated heterocycles. The SMILES string of the molecule is CNCCOCCOCC(=O)N1CCC(C(=O)NC2=NN(c3ccc(Cl)c(Cl)c3)CC2)C1. The first-order chi connectivity index (χ1) is 15.5. The second kappa shape index (κ2) is 12.4. The molecule has 2 aliphatic heterocycles. The molecule has 2 N–H and O–H groups in total. The third-order valence-electron chi connectivity index (χ3n) is 5.28. The maximum absolute atomic E-state index is 12.7. The topological polar surface area (TPSA) is 95.5 Å². The Morgan fingerprint density at radius 2 is 1.97 bits per heavy atom. The molecule has 1 aromatic rings. The first kappa shape index (κ1) is 24.7. The van der Waals surface area contributed by atoms with Gasteiger partial charge in [-0.05, 0) is 31.7 Å². The largest absolute Gasteiger partial charge is 0.378 e. The number of likely N-dealkylation sites (N-methyl/N-ethyl adjacent to an activating group) is 1. The highest BCUT2D eigenvalue weighted by molar-refractivity contribution is 6.42. The number of hydrogen-bond donors (Lipinski definition) is 2. The molecule has 0 aromatic heterocycles. The number of carbonyl (C=O) groups is 2. The predicted octanol–water partition coefficient (Wildman–Crippen LogP) is 1.73. The number of nitrogens with zero attached hydrogens (tertiary/aromatic N) is 3. The average molecular weight is 486 g/mol. The van der Waals surface area contributed by atoms with Gasteiger partial charge in [-0.1, -0.05) is 23.2 Å². The fourth-order valence-electron chi connectivity index (χ4n) is 3.47. The number of halogens is 2. The summed E-state index contributed by atoms with van der Waals surface area (Å²) in [5.74, 6) is 0.117. The van der Waals surface area contributed by atoms with Crippen LogP contribution in [0.1, 0.15) is 12.8 Å². The van der Waals surface area contributed by atoms with Gasteiger partial charge in [-0.25, -0.2) is 0 Å². The Bertz CT molecular complexity index is 838. The van der Waals surface area contributed by atoms with Gasteiger partial charge in [0, 0.05) is 32.6 Å². The highest BCUT2D eigenvalue weighted by Gasteiger charge is 2.32. The lowest BCUT2D eigenvalue weighted by Gasteiger charge is -2.16. The Hall–Kier alpha value is -1.91. The van der Waals surface area contributed by atoms with Crippen LogP contribution in [0, 0.1) is 5.92 Å². The number of nitrogens with one attached hydrogen (secondary N) is 2. The second-order valence-electron chi connectivity index (χ2n) is 7.60. The van der Waals surface area contributed by atoms with Crippen molar-refractivity contribution >= 4 is 46.5 Å². The van der Waals surface area contributed by atoms with E-state index in [1.807, 2.05) is 13.1 Å². The van der Waals surface area contributed by atoms with Crippen LogP contribution in [0.2, 0.25) is 10.0 Å². The lowest BCUT2D eigenvalue weighted by molar-refractivity contribution is -0.135. The number of amides is 2. The second-order valence-corrected chi connectivity index (χ2v) is 8.42. The van der Waals surface area contributed by atoms with E-state index in [1.54, 1.807) is 22.0 Å². The highest BCUT2D eigenvalue weighted by atomic mass is 35.5. The maximum atomic E-state index is 12.7. The molecule has 3 rings (SSSR count). The summed E-state index contributed by atoms with van der Waals surface area (Å²) in [6, 6.07) is 5.30. The quantitative estimate of drug-likeness (QED) is 0.490. The minimum atomic E-state index is -0.259. The zero-order valence-corrected chi connectivity index (χ0v) is 19.6. The van der Waals surface area contributed by atoms with E-state index in [0.29, 0.717) is 68.2 Å². The van der Waals surface area contributed by atoms with Crippen LogP contribution in [0.4, 0.5) is 5.69 Å². The molecule has 11 heteroatoms. The first-order valence-corrected chi connectivity index (χ1v) is 11.4. The molecular weight excluding hydrogens is 457 g/mol. The number of hydrogen-bond acceptors (Lipinski definition) is 7. The van der Waals surface area contributed by atoms with E-state index in [1.165, 1.54) is 0 Å². The van der Waals surface area contributed by atoms with Gasteiger partial charge in [-0.3, -0.25) is 14.6 Å². The van der Waals surface area contributed by atoms with Gasteiger partial charge in [0.2, 0.25) is 11.8 Å². The number of ether oxygens (including phenoxy) is 2. The molecule has 9 nitrogen and oxygen atoms in total. The normalized spacial score (nSPS) is 18.2. The lowest BCUT2D eigenvalue weighted by Crippen LogP contribution is -2.38. The van der Waals surface area contributed by atoms with Crippen molar-refractivity contribution < 1.29 is 19.1 Å². The summed E-state index contributed by atoms with van der Waals surface area (Å²) in [5, 5.41) is 13.1. The number of likely N-dealkylation sites (tertiary alicyclic amines) is 1. The third kappa shape index (κ3) is 7.05. The Morgan fingerprint density at radius 3 is 2.75 bits per heavy atom. The summed E-state index contributed by atoms with van der Waals surface area (Å²) in [5.41, 5.74) is 0.814. The Labute approximate surface area is 198 Å². The molecule has 176 valence electrons. The maximum Gasteiger partial charge on any atom is 0.248 e. The van der Waals surface area contributed by atoms with E-state index >= 15 is 0 Å². The molecule has 0 radical (unpaired) electrons. The van der Waals surface area contributed by atoms with Crippen LogP contribution >= 0.6 is 23.2 Å². The summed E-state index contributed by atoms with van der Waals surface area (Å²) >= 11 is 12.0. The number of benzene rings is 1. The molecule has 0 bridgehead atoms. The number of anilines is 1. The smallest absolute Gasteiger partial charge is 0.248 e.